The van der Waals surface area contributed by atoms with E-state index in [1.807, 2.05) is 12.1 Å². The second kappa shape index (κ2) is 10.6. The van der Waals surface area contributed by atoms with E-state index in [1.54, 1.807) is 0 Å². The van der Waals surface area contributed by atoms with Crippen LogP contribution in [0.1, 0.15) is 124 Å². The second-order valence-electron chi connectivity index (χ2n) is 16.8. The van der Waals surface area contributed by atoms with Crippen molar-refractivity contribution in [1.82, 2.24) is 0 Å². The lowest BCUT2D eigenvalue weighted by atomic mass is 9.54. The zero-order valence-corrected chi connectivity index (χ0v) is 29.0. The smallest absolute Gasteiger partial charge is 0.134 e. The van der Waals surface area contributed by atoms with Gasteiger partial charge in [0.15, 0.2) is 0 Å². The Balaban J connectivity index is 1.40. The Bertz CT molecular complexity index is 2010. The quantitative estimate of drug-likeness (QED) is 0.196. The average molecular weight is 613 g/mol. The van der Waals surface area contributed by atoms with Crippen molar-refractivity contribution in [3.05, 3.63) is 124 Å². The van der Waals surface area contributed by atoms with Gasteiger partial charge in [-0.25, -0.2) is 0 Å². The molecule has 2 heteroatoms. The molecule has 0 saturated heterocycles. The molecule has 5 aromatic rings. The lowest BCUT2D eigenvalue weighted by molar-refractivity contribution is 0.161. The monoisotopic (exact) mass is 612 g/mol. The maximum Gasteiger partial charge on any atom is 0.134 e. The number of hydrogen-bond donors (Lipinski definition) is 0. The highest BCUT2D eigenvalue weighted by atomic mass is 16.3. The molecule has 0 amide bonds. The van der Waals surface area contributed by atoms with Gasteiger partial charge >= 0.3 is 0 Å². The molecule has 46 heavy (non-hydrogen) atoms. The molecule has 0 atom stereocenters. The Morgan fingerprint density at radius 2 is 1.24 bits per heavy atom. The Morgan fingerprint density at radius 3 is 1.85 bits per heavy atom. The van der Waals surface area contributed by atoms with Gasteiger partial charge in [-0.1, -0.05) is 97.9 Å². The maximum absolute atomic E-state index is 8.47. The van der Waals surface area contributed by atoms with Gasteiger partial charge in [-0.05, 0) is 125 Å². The highest BCUT2D eigenvalue weighted by Crippen LogP contribution is 2.59. The summed E-state index contributed by atoms with van der Waals surface area (Å²) in [6.07, 6.45) is 5.32. The van der Waals surface area contributed by atoms with Crippen LogP contribution in [0.15, 0.2) is 89.3 Å². The van der Waals surface area contributed by atoms with Crippen molar-refractivity contribution in [2.24, 2.45) is 0 Å². The third kappa shape index (κ3) is 5.38. The van der Waals surface area contributed by atoms with Gasteiger partial charge in [0, 0.05) is 37.5 Å². The van der Waals surface area contributed by atoms with Gasteiger partial charge in [-0.15, -0.1) is 0 Å². The standard InChI is InChI=1S/C44H51NO/c1-29-24-31(26-30-10-12-32(13-11-30)41(2,3)4)27-36(25-29)45(34-16-14-33(15-17-34)42(5,6)7)35-18-19-38-37(28-35)39-40(46-38)44(9)22-20-43(39,8)21-23-44/h10-19,24-25,27-28H,20-23,26H2,1-9H3/i1D3. The Labute approximate surface area is 281 Å². The third-order valence-electron chi connectivity index (χ3n) is 11.0. The summed E-state index contributed by atoms with van der Waals surface area (Å²) in [5, 5.41) is 1.18. The van der Waals surface area contributed by atoms with Crippen LogP contribution in [0.3, 0.4) is 0 Å². The van der Waals surface area contributed by atoms with Crippen molar-refractivity contribution in [3.8, 4) is 0 Å². The van der Waals surface area contributed by atoms with E-state index in [0.717, 1.165) is 33.8 Å². The van der Waals surface area contributed by atoms with Gasteiger partial charge < -0.3 is 9.32 Å². The minimum absolute atomic E-state index is 0.0138. The summed E-state index contributed by atoms with van der Waals surface area (Å²) in [7, 11) is 0. The number of nitrogens with zero attached hydrogens (tertiary/aromatic N) is 1. The fraction of sp³-hybridized carbons (Fsp3) is 0.409. The molecular weight excluding hydrogens is 558 g/mol. The van der Waals surface area contributed by atoms with Crippen molar-refractivity contribution < 1.29 is 8.53 Å². The summed E-state index contributed by atoms with van der Waals surface area (Å²) in [5.74, 6) is 1.17. The van der Waals surface area contributed by atoms with E-state index in [1.165, 1.54) is 53.5 Å². The van der Waals surface area contributed by atoms with E-state index in [0.29, 0.717) is 12.0 Å². The SMILES string of the molecule is [2H]C([2H])([2H])c1cc(Cc2ccc(C(C)(C)C)cc2)cc(N(c2ccc(C(C)(C)C)cc2)c2ccc3oc4c(c3c2)C2(C)CCC4(C)CC2)c1. The molecule has 0 N–H and O–H groups in total. The minimum atomic E-state index is -2.25. The van der Waals surface area contributed by atoms with E-state index < -0.39 is 6.85 Å². The summed E-state index contributed by atoms with van der Waals surface area (Å²) in [4.78, 5) is 2.23. The molecule has 3 aliphatic carbocycles. The predicted octanol–water partition coefficient (Wildman–Crippen LogP) is 12.5. The summed E-state index contributed by atoms with van der Waals surface area (Å²) in [5.41, 5.74) is 10.4. The number of hydrogen-bond acceptors (Lipinski definition) is 2. The molecule has 0 spiro atoms. The number of benzene rings is 4. The molecule has 0 unspecified atom stereocenters. The van der Waals surface area contributed by atoms with E-state index in [2.05, 4.69) is 133 Å². The van der Waals surface area contributed by atoms with Gasteiger partial charge in [0.05, 0.1) is 0 Å². The van der Waals surface area contributed by atoms with Gasteiger partial charge in [0.2, 0.25) is 0 Å². The summed E-state index contributed by atoms with van der Waals surface area (Å²) in [6.45, 7) is 15.9. The van der Waals surface area contributed by atoms with Crippen LogP contribution in [-0.2, 0) is 28.1 Å². The fourth-order valence-corrected chi connectivity index (χ4v) is 7.90. The van der Waals surface area contributed by atoms with Crippen LogP contribution in [0.25, 0.3) is 11.0 Å². The Morgan fingerprint density at radius 1 is 0.652 bits per heavy atom. The number of furan rings is 1. The first kappa shape index (κ1) is 27.3. The first-order valence-electron chi connectivity index (χ1n) is 18.6. The molecule has 0 aliphatic heterocycles. The van der Waals surface area contributed by atoms with Gasteiger partial charge in [0.25, 0.3) is 0 Å². The van der Waals surface area contributed by atoms with Crippen molar-refractivity contribution in [2.45, 2.75) is 116 Å². The first-order valence-corrected chi connectivity index (χ1v) is 17.1. The average Bonchev–Trinajstić information content (AvgIpc) is 3.44. The first-order chi connectivity index (χ1) is 22.8. The van der Waals surface area contributed by atoms with Crippen LogP contribution >= 0.6 is 0 Å². The van der Waals surface area contributed by atoms with Crippen LogP contribution in [-0.4, -0.2) is 0 Å². The van der Waals surface area contributed by atoms with E-state index in [-0.39, 0.29) is 21.7 Å². The lowest BCUT2D eigenvalue weighted by Crippen LogP contribution is -2.43. The molecular formula is C44H51NO. The number of rotatable bonds is 5. The fourth-order valence-electron chi connectivity index (χ4n) is 7.90. The third-order valence-corrected chi connectivity index (χ3v) is 11.0. The molecule has 2 bridgehead atoms. The summed E-state index contributed by atoms with van der Waals surface area (Å²) < 4.78 is 32.1. The van der Waals surface area contributed by atoms with Crippen LogP contribution in [0.2, 0.25) is 0 Å². The van der Waals surface area contributed by atoms with Gasteiger partial charge in [-0.3, -0.25) is 0 Å². The molecule has 1 fully saturated rings. The second-order valence-corrected chi connectivity index (χ2v) is 16.8. The minimum Gasteiger partial charge on any atom is -0.460 e. The van der Waals surface area contributed by atoms with Crippen molar-refractivity contribution in [2.75, 3.05) is 4.90 Å². The Kier molecular flexibility index (Phi) is 6.32. The predicted molar refractivity (Wildman–Crippen MR) is 195 cm³/mol. The largest absolute Gasteiger partial charge is 0.460 e. The topological polar surface area (TPSA) is 16.4 Å². The number of anilines is 3. The summed E-state index contributed by atoms with van der Waals surface area (Å²) >= 11 is 0. The highest BCUT2D eigenvalue weighted by molar-refractivity contribution is 5.91. The molecule has 1 saturated carbocycles. The van der Waals surface area contributed by atoms with Crippen LogP contribution in [0.4, 0.5) is 17.1 Å². The molecule has 238 valence electrons. The molecule has 1 heterocycles. The molecule has 8 rings (SSSR count). The molecule has 4 aromatic carbocycles. The van der Waals surface area contributed by atoms with Crippen molar-refractivity contribution in [1.29, 1.82) is 0 Å². The van der Waals surface area contributed by atoms with Gasteiger partial charge in [-0.2, -0.15) is 0 Å². The summed E-state index contributed by atoms with van der Waals surface area (Å²) in [6, 6.07) is 29.9. The zero-order valence-electron chi connectivity index (χ0n) is 32.0. The molecule has 2 nitrogen and oxygen atoms in total. The van der Waals surface area contributed by atoms with Gasteiger partial charge in [0.1, 0.15) is 11.3 Å². The molecule has 0 radical (unpaired) electrons. The lowest BCUT2D eigenvalue weighted by Gasteiger charge is -2.49. The van der Waals surface area contributed by atoms with Crippen LogP contribution in [0, 0.1) is 6.85 Å². The normalized spacial score (nSPS) is 22.3. The van der Waals surface area contributed by atoms with Crippen LogP contribution in [0.5, 0.6) is 0 Å². The van der Waals surface area contributed by atoms with E-state index in [4.69, 9.17) is 8.53 Å². The Hall–Kier alpha value is -3.78. The van der Waals surface area contributed by atoms with Crippen molar-refractivity contribution in [3.63, 3.8) is 0 Å². The maximum atomic E-state index is 8.47. The van der Waals surface area contributed by atoms with Crippen LogP contribution < -0.4 is 4.90 Å². The zero-order chi connectivity index (χ0) is 35.1. The molecule has 1 aromatic heterocycles. The molecule has 3 aliphatic rings. The van der Waals surface area contributed by atoms with E-state index in [9.17, 15) is 0 Å². The van der Waals surface area contributed by atoms with Crippen molar-refractivity contribution >= 4 is 28.0 Å². The number of fused-ring (bicyclic) bond motifs is 3. The van der Waals surface area contributed by atoms with E-state index >= 15 is 0 Å². The number of aryl methyl sites for hydroxylation is 1. The highest BCUT2D eigenvalue weighted by Gasteiger charge is 2.51.